The molecule has 170 valence electrons. The number of aromatic carboxylic acids is 1. The van der Waals surface area contributed by atoms with E-state index in [1.807, 2.05) is 0 Å². The molecule has 2 heterocycles. The van der Waals surface area contributed by atoms with E-state index in [1.165, 1.54) is 37.6 Å². The first-order valence-electron chi connectivity index (χ1n) is 9.92. The highest BCUT2D eigenvalue weighted by Crippen LogP contribution is 2.43. The molecule has 2 aromatic carbocycles. The number of carboxylic acids is 1. The van der Waals surface area contributed by atoms with Gasteiger partial charge in [0.05, 0.1) is 18.5 Å². The monoisotopic (exact) mass is 453 g/mol. The van der Waals surface area contributed by atoms with E-state index in [-0.39, 0.29) is 30.2 Å². The van der Waals surface area contributed by atoms with Crippen molar-refractivity contribution in [1.29, 1.82) is 0 Å². The summed E-state index contributed by atoms with van der Waals surface area (Å²) in [5.74, 6) is -2.56. The topological polar surface area (TPSA) is 133 Å². The first kappa shape index (κ1) is 21.9. The number of rotatable bonds is 7. The summed E-state index contributed by atoms with van der Waals surface area (Å²) in [4.78, 5) is 35.4. The molecular weight excluding hydrogens is 433 g/mol. The number of benzene rings is 2. The van der Waals surface area contributed by atoms with Crippen LogP contribution in [0.2, 0.25) is 0 Å². The number of carbonyl (C=O) groups excluding carboxylic acids is 2. The number of methoxy groups -OCH3 is 1. The van der Waals surface area contributed by atoms with E-state index in [0.29, 0.717) is 28.4 Å². The Morgan fingerprint density at radius 3 is 2.58 bits per heavy atom. The van der Waals surface area contributed by atoms with Gasteiger partial charge < -0.3 is 30.2 Å². The van der Waals surface area contributed by atoms with Crippen LogP contribution in [-0.4, -0.2) is 41.2 Å². The molecule has 0 radical (unpaired) electrons. The fourth-order valence-electron chi connectivity index (χ4n) is 3.89. The summed E-state index contributed by atoms with van der Waals surface area (Å²) in [6.07, 6.45) is 1.45. The van der Waals surface area contributed by atoms with Crippen LogP contribution in [0.25, 0.3) is 5.69 Å². The molecule has 33 heavy (non-hydrogen) atoms. The van der Waals surface area contributed by atoms with Gasteiger partial charge >= 0.3 is 5.97 Å². The number of carboxylic acid groups (broad SMARTS) is 1. The largest absolute Gasteiger partial charge is 0.493 e. The number of aromatic nitrogens is 1. The van der Waals surface area contributed by atoms with Crippen molar-refractivity contribution in [3.8, 4) is 17.2 Å². The number of ether oxygens (including phenoxy) is 2. The van der Waals surface area contributed by atoms with Crippen LogP contribution in [0.3, 0.4) is 0 Å². The lowest BCUT2D eigenvalue weighted by molar-refractivity contribution is -0.120. The van der Waals surface area contributed by atoms with E-state index in [2.05, 4.69) is 5.32 Å². The second-order valence-corrected chi connectivity index (χ2v) is 7.42. The van der Waals surface area contributed by atoms with Crippen LogP contribution in [0.1, 0.15) is 34.0 Å². The third-order valence-corrected chi connectivity index (χ3v) is 5.32. The van der Waals surface area contributed by atoms with Crippen molar-refractivity contribution < 1.29 is 33.4 Å². The Bertz CT molecular complexity index is 1250. The molecule has 9 nitrogen and oxygen atoms in total. The van der Waals surface area contributed by atoms with Crippen molar-refractivity contribution in [2.75, 3.05) is 19.0 Å². The molecule has 1 aromatic heterocycles. The number of hydrogen-bond acceptors (Lipinski definition) is 5. The fraction of sp³-hybridized carbons (Fsp3) is 0.174. The van der Waals surface area contributed by atoms with Crippen LogP contribution in [-0.2, 0) is 9.59 Å². The van der Waals surface area contributed by atoms with Crippen LogP contribution in [0.15, 0.2) is 48.7 Å². The van der Waals surface area contributed by atoms with Crippen LogP contribution >= 0.6 is 0 Å². The van der Waals surface area contributed by atoms with Crippen LogP contribution in [0.4, 0.5) is 10.1 Å². The number of anilines is 1. The Morgan fingerprint density at radius 1 is 1.21 bits per heavy atom. The number of halogens is 1. The molecule has 4 N–H and O–H groups in total. The van der Waals surface area contributed by atoms with E-state index in [1.54, 1.807) is 22.8 Å². The Balaban J connectivity index is 1.85. The molecule has 0 fully saturated rings. The van der Waals surface area contributed by atoms with E-state index >= 15 is 0 Å². The average molecular weight is 453 g/mol. The minimum Gasteiger partial charge on any atom is -0.493 e. The summed E-state index contributed by atoms with van der Waals surface area (Å²) >= 11 is 0. The predicted molar refractivity (Wildman–Crippen MR) is 115 cm³/mol. The molecule has 4 rings (SSSR count). The zero-order valence-electron chi connectivity index (χ0n) is 17.5. The van der Waals surface area contributed by atoms with Gasteiger partial charge in [-0.1, -0.05) is 6.07 Å². The van der Waals surface area contributed by atoms with Gasteiger partial charge in [-0.3, -0.25) is 9.59 Å². The fourth-order valence-corrected chi connectivity index (χ4v) is 3.89. The Kier molecular flexibility index (Phi) is 5.74. The van der Waals surface area contributed by atoms with Gasteiger partial charge in [0.1, 0.15) is 11.4 Å². The van der Waals surface area contributed by atoms with Crippen molar-refractivity contribution in [2.24, 2.45) is 5.73 Å². The van der Waals surface area contributed by atoms with E-state index in [0.717, 1.165) is 0 Å². The van der Waals surface area contributed by atoms with E-state index in [9.17, 15) is 23.9 Å². The number of primary amides is 1. The number of hydrogen-bond donors (Lipinski definition) is 3. The summed E-state index contributed by atoms with van der Waals surface area (Å²) in [7, 11) is 1.43. The Morgan fingerprint density at radius 2 is 1.94 bits per heavy atom. The number of amides is 2. The van der Waals surface area contributed by atoms with Gasteiger partial charge in [-0.2, -0.15) is 0 Å². The maximum Gasteiger partial charge on any atom is 0.339 e. The lowest BCUT2D eigenvalue weighted by Gasteiger charge is -2.26. The highest BCUT2D eigenvalue weighted by atomic mass is 19.1. The van der Waals surface area contributed by atoms with Gasteiger partial charge in [-0.05, 0) is 42.0 Å². The molecule has 1 atom stereocenters. The normalized spacial score (nSPS) is 14.8. The van der Waals surface area contributed by atoms with Gasteiger partial charge in [-0.15, -0.1) is 0 Å². The highest BCUT2D eigenvalue weighted by molar-refractivity contribution is 6.04. The second kappa shape index (κ2) is 8.65. The maximum absolute atomic E-state index is 13.5. The van der Waals surface area contributed by atoms with E-state index < -0.39 is 23.6 Å². The number of nitrogens with two attached hydrogens (primary N) is 1. The smallest absolute Gasteiger partial charge is 0.339 e. The van der Waals surface area contributed by atoms with Crippen molar-refractivity contribution in [3.63, 3.8) is 0 Å². The minimum absolute atomic E-state index is 0.0436. The van der Waals surface area contributed by atoms with E-state index in [4.69, 9.17) is 15.2 Å². The van der Waals surface area contributed by atoms with Gasteiger partial charge in [0.25, 0.3) is 5.91 Å². The molecule has 2 amide bonds. The summed E-state index contributed by atoms with van der Waals surface area (Å²) in [5.41, 5.74) is 6.96. The molecule has 3 aromatic rings. The zero-order valence-corrected chi connectivity index (χ0v) is 17.5. The molecular formula is C23H20FN3O6. The molecule has 0 spiro atoms. The molecule has 0 saturated carbocycles. The summed E-state index contributed by atoms with van der Waals surface area (Å²) in [5, 5.41) is 12.4. The molecule has 0 saturated heterocycles. The minimum atomic E-state index is -1.21. The molecule has 0 unspecified atom stereocenters. The summed E-state index contributed by atoms with van der Waals surface area (Å²) in [6.45, 7) is -0.332. The highest BCUT2D eigenvalue weighted by Gasteiger charge is 2.34. The SMILES string of the molecule is COc1cc([C@H]2CC(=O)Nc3c(C(=O)O)cn(-c4ccc(F)cc4)c32)ccc1OCC(N)=O. The molecule has 1 aliphatic heterocycles. The average Bonchev–Trinajstić information content (AvgIpc) is 3.17. The number of nitrogens with one attached hydrogen (secondary N) is 1. The van der Waals surface area contributed by atoms with Gasteiger partial charge in [-0.25, -0.2) is 9.18 Å². The third kappa shape index (κ3) is 4.22. The van der Waals surface area contributed by atoms with Crippen molar-refractivity contribution in [1.82, 2.24) is 4.57 Å². The lowest BCUT2D eigenvalue weighted by Crippen LogP contribution is -2.25. The lowest BCUT2D eigenvalue weighted by atomic mass is 9.88. The quantitative estimate of drug-likeness (QED) is 0.504. The first-order chi connectivity index (χ1) is 15.8. The van der Waals surface area contributed by atoms with Crippen molar-refractivity contribution in [2.45, 2.75) is 12.3 Å². The summed E-state index contributed by atoms with van der Waals surface area (Å²) in [6, 6.07) is 10.5. The van der Waals surface area contributed by atoms with Crippen LogP contribution in [0.5, 0.6) is 11.5 Å². The van der Waals surface area contributed by atoms with Crippen LogP contribution in [0, 0.1) is 5.82 Å². The molecule has 10 heteroatoms. The standard InChI is InChI=1S/C23H20FN3O6/c1-32-18-8-12(2-7-17(18)33-11-19(25)28)15-9-20(29)26-21-16(23(30)31)10-27(22(15)21)14-5-3-13(24)4-6-14/h2-8,10,15H,9,11H2,1H3,(H2,25,28)(H,26,29)(H,30,31)/t15-/m1/s1. The molecule has 1 aliphatic rings. The van der Waals surface area contributed by atoms with Gasteiger partial charge in [0.2, 0.25) is 5.91 Å². The van der Waals surface area contributed by atoms with Gasteiger partial charge in [0.15, 0.2) is 18.1 Å². The number of fused-ring (bicyclic) bond motifs is 1. The Hall–Kier alpha value is -4.34. The maximum atomic E-state index is 13.5. The van der Waals surface area contributed by atoms with Gasteiger partial charge in [0, 0.05) is 24.2 Å². The number of nitrogens with zero attached hydrogens (tertiary/aromatic N) is 1. The van der Waals surface area contributed by atoms with Crippen LogP contribution < -0.4 is 20.5 Å². The first-order valence-corrected chi connectivity index (χ1v) is 9.92. The van der Waals surface area contributed by atoms with Crippen molar-refractivity contribution >= 4 is 23.5 Å². The molecule has 0 bridgehead atoms. The Labute approximate surface area is 187 Å². The second-order valence-electron chi connectivity index (χ2n) is 7.42. The predicted octanol–water partition coefficient (Wildman–Crippen LogP) is 2.66. The zero-order chi connectivity index (χ0) is 23.7. The summed E-state index contributed by atoms with van der Waals surface area (Å²) < 4.78 is 25.9. The number of carbonyl (C=O) groups is 3. The third-order valence-electron chi connectivity index (χ3n) is 5.32. The van der Waals surface area contributed by atoms with Crippen molar-refractivity contribution in [3.05, 3.63) is 71.3 Å². The molecule has 0 aliphatic carbocycles.